The van der Waals surface area contributed by atoms with Gasteiger partial charge in [-0.3, -0.25) is 4.79 Å². The summed E-state index contributed by atoms with van der Waals surface area (Å²) in [6.45, 7) is 5.38. The van der Waals surface area contributed by atoms with Crippen LogP contribution in [0.4, 0.5) is 4.39 Å². The monoisotopic (exact) mass is 366 g/mol. The zero-order valence-electron chi connectivity index (χ0n) is 15.5. The van der Waals surface area contributed by atoms with Gasteiger partial charge in [-0.25, -0.2) is 4.39 Å². The summed E-state index contributed by atoms with van der Waals surface area (Å²) in [6, 6.07) is 13.8. The van der Waals surface area contributed by atoms with Crippen LogP contribution in [-0.2, 0) is 13.1 Å². The highest BCUT2D eigenvalue weighted by Gasteiger charge is 2.17. The summed E-state index contributed by atoms with van der Waals surface area (Å²) in [5.74, 6) is 0.296. The third-order valence-electron chi connectivity index (χ3n) is 4.33. The van der Waals surface area contributed by atoms with E-state index in [1.807, 2.05) is 54.8 Å². The second-order valence-corrected chi connectivity index (χ2v) is 6.14. The van der Waals surface area contributed by atoms with Crippen molar-refractivity contribution in [2.24, 2.45) is 0 Å². The first-order valence-corrected chi connectivity index (χ1v) is 9.03. The molecule has 3 aromatic rings. The summed E-state index contributed by atoms with van der Waals surface area (Å²) in [6.07, 6.45) is 3.96. The lowest BCUT2D eigenvalue weighted by atomic mass is 10.2. The van der Waals surface area contributed by atoms with Crippen molar-refractivity contribution >= 4 is 16.8 Å². The fourth-order valence-corrected chi connectivity index (χ4v) is 3.01. The zero-order valence-corrected chi connectivity index (χ0v) is 15.5. The molecule has 4 nitrogen and oxygen atoms in total. The lowest BCUT2D eigenvalue weighted by Crippen LogP contribution is -2.25. The van der Waals surface area contributed by atoms with Crippen LogP contribution in [0.1, 0.15) is 29.9 Å². The van der Waals surface area contributed by atoms with Gasteiger partial charge in [0.25, 0.3) is 5.91 Å². The van der Waals surface area contributed by atoms with Crippen molar-refractivity contribution in [1.29, 1.82) is 0 Å². The largest absolute Gasteiger partial charge is 0.493 e. The Hall–Kier alpha value is -3.08. The van der Waals surface area contributed by atoms with Gasteiger partial charge >= 0.3 is 0 Å². The predicted octanol–water partition coefficient (Wildman–Crippen LogP) is 4.69. The van der Waals surface area contributed by atoms with Crippen molar-refractivity contribution in [3.05, 3.63) is 77.8 Å². The molecule has 2 aromatic carbocycles. The fourth-order valence-electron chi connectivity index (χ4n) is 3.01. The van der Waals surface area contributed by atoms with Crippen LogP contribution in [0.15, 0.2) is 60.7 Å². The van der Waals surface area contributed by atoms with E-state index in [0.717, 1.165) is 22.2 Å². The average molecular weight is 366 g/mol. The minimum absolute atomic E-state index is 0.178. The molecule has 0 aliphatic heterocycles. The number of hydrogen-bond donors (Lipinski definition) is 1. The van der Waals surface area contributed by atoms with E-state index in [1.54, 1.807) is 12.1 Å². The maximum absolute atomic E-state index is 13.0. The van der Waals surface area contributed by atoms with Gasteiger partial charge in [-0.1, -0.05) is 30.4 Å². The van der Waals surface area contributed by atoms with E-state index in [1.165, 1.54) is 12.1 Å². The minimum Gasteiger partial charge on any atom is -0.493 e. The lowest BCUT2D eigenvalue weighted by molar-refractivity contribution is 0.0942. The van der Waals surface area contributed by atoms with Crippen LogP contribution in [0.25, 0.3) is 10.9 Å². The van der Waals surface area contributed by atoms with Gasteiger partial charge < -0.3 is 14.6 Å². The molecule has 1 aromatic heterocycles. The standard InChI is InChI=1S/C22H23FN2O2/c1-3-5-13-25-19-7-6-8-21(27-4-2)18(19)14-20(25)22(26)24-15-16-9-11-17(23)12-10-16/h3,5-12,14H,4,13,15H2,1-2H3,(H,24,26)/b5-3-. The molecule has 5 heteroatoms. The summed E-state index contributed by atoms with van der Waals surface area (Å²) in [7, 11) is 0. The number of carbonyl (C=O) groups is 1. The highest BCUT2D eigenvalue weighted by Crippen LogP contribution is 2.29. The number of nitrogens with one attached hydrogen (secondary N) is 1. The number of halogens is 1. The van der Waals surface area contributed by atoms with Crippen LogP contribution in [0.5, 0.6) is 5.75 Å². The van der Waals surface area contributed by atoms with E-state index in [-0.39, 0.29) is 11.7 Å². The molecule has 0 fully saturated rings. The first kappa shape index (κ1) is 18.7. The molecule has 3 rings (SSSR count). The van der Waals surface area contributed by atoms with Crippen LogP contribution < -0.4 is 10.1 Å². The number of allylic oxidation sites excluding steroid dienone is 2. The van der Waals surface area contributed by atoms with E-state index >= 15 is 0 Å². The van der Waals surface area contributed by atoms with Gasteiger partial charge in [-0.15, -0.1) is 0 Å². The third-order valence-corrected chi connectivity index (χ3v) is 4.33. The van der Waals surface area contributed by atoms with Crippen molar-refractivity contribution in [2.75, 3.05) is 6.61 Å². The van der Waals surface area contributed by atoms with Gasteiger partial charge in [-0.2, -0.15) is 0 Å². The van der Waals surface area contributed by atoms with E-state index in [0.29, 0.717) is 25.4 Å². The molecule has 0 aliphatic carbocycles. The summed E-state index contributed by atoms with van der Waals surface area (Å²) >= 11 is 0. The van der Waals surface area contributed by atoms with Gasteiger partial charge in [0.2, 0.25) is 0 Å². The minimum atomic E-state index is -0.292. The second-order valence-electron chi connectivity index (χ2n) is 6.14. The Morgan fingerprint density at radius 3 is 2.70 bits per heavy atom. The molecule has 27 heavy (non-hydrogen) atoms. The molecule has 0 saturated heterocycles. The Labute approximate surface area is 158 Å². The Kier molecular flexibility index (Phi) is 5.91. The number of nitrogens with zero attached hydrogens (tertiary/aromatic N) is 1. The predicted molar refractivity (Wildman–Crippen MR) is 105 cm³/mol. The van der Waals surface area contributed by atoms with Gasteiger partial charge in [-0.05, 0) is 49.7 Å². The fraction of sp³-hybridized carbons (Fsp3) is 0.227. The van der Waals surface area contributed by atoms with Crippen molar-refractivity contribution in [3.63, 3.8) is 0 Å². The number of rotatable bonds is 7. The maximum atomic E-state index is 13.0. The molecule has 0 bridgehead atoms. The Bertz CT molecular complexity index is 958. The van der Waals surface area contributed by atoms with Crippen LogP contribution in [0, 0.1) is 5.82 Å². The molecule has 0 unspecified atom stereocenters. The summed E-state index contributed by atoms with van der Waals surface area (Å²) in [4.78, 5) is 12.8. The maximum Gasteiger partial charge on any atom is 0.268 e. The lowest BCUT2D eigenvalue weighted by Gasteiger charge is -2.10. The molecular weight excluding hydrogens is 343 g/mol. The number of fused-ring (bicyclic) bond motifs is 1. The number of aromatic nitrogens is 1. The van der Waals surface area contributed by atoms with Crippen molar-refractivity contribution in [1.82, 2.24) is 9.88 Å². The van der Waals surface area contributed by atoms with Crippen molar-refractivity contribution < 1.29 is 13.9 Å². The summed E-state index contributed by atoms with van der Waals surface area (Å²) in [5, 5.41) is 3.83. The molecule has 0 atom stereocenters. The highest BCUT2D eigenvalue weighted by atomic mass is 19.1. The number of hydrogen-bond acceptors (Lipinski definition) is 2. The van der Waals surface area contributed by atoms with E-state index in [9.17, 15) is 9.18 Å². The molecule has 1 amide bonds. The van der Waals surface area contributed by atoms with Crippen molar-refractivity contribution in [3.8, 4) is 5.75 Å². The number of ether oxygens (including phenoxy) is 1. The zero-order chi connectivity index (χ0) is 19.2. The molecule has 140 valence electrons. The van der Waals surface area contributed by atoms with Gasteiger partial charge in [0.05, 0.1) is 12.1 Å². The van der Waals surface area contributed by atoms with Crippen LogP contribution in [0.3, 0.4) is 0 Å². The van der Waals surface area contributed by atoms with Gasteiger partial charge in [0.1, 0.15) is 17.3 Å². The smallest absolute Gasteiger partial charge is 0.268 e. The Balaban J connectivity index is 1.92. The first-order chi connectivity index (χ1) is 13.1. The van der Waals surface area contributed by atoms with Crippen LogP contribution >= 0.6 is 0 Å². The highest BCUT2D eigenvalue weighted by molar-refractivity contribution is 6.00. The number of carbonyl (C=O) groups excluding carboxylic acids is 1. The Morgan fingerprint density at radius 2 is 2.00 bits per heavy atom. The van der Waals surface area contributed by atoms with Gasteiger partial charge in [0, 0.05) is 18.5 Å². The molecular formula is C22H23FN2O2. The summed E-state index contributed by atoms with van der Waals surface area (Å²) in [5.41, 5.74) is 2.36. The van der Waals surface area contributed by atoms with Crippen LogP contribution in [-0.4, -0.2) is 17.1 Å². The van der Waals surface area contributed by atoms with Crippen molar-refractivity contribution in [2.45, 2.75) is 26.9 Å². The van der Waals surface area contributed by atoms with Crippen LogP contribution in [0.2, 0.25) is 0 Å². The molecule has 0 spiro atoms. The first-order valence-electron chi connectivity index (χ1n) is 9.03. The molecule has 0 radical (unpaired) electrons. The molecule has 1 N–H and O–H groups in total. The van der Waals surface area contributed by atoms with E-state index in [4.69, 9.17) is 4.74 Å². The van der Waals surface area contributed by atoms with Gasteiger partial charge in [0.15, 0.2) is 0 Å². The molecule has 1 heterocycles. The normalized spacial score (nSPS) is 11.2. The number of benzene rings is 2. The average Bonchev–Trinajstić information content (AvgIpc) is 3.05. The molecule has 0 saturated carbocycles. The topological polar surface area (TPSA) is 43.3 Å². The van der Waals surface area contributed by atoms with E-state index < -0.39 is 0 Å². The quantitative estimate of drug-likeness (QED) is 0.617. The Morgan fingerprint density at radius 1 is 1.22 bits per heavy atom. The van der Waals surface area contributed by atoms with E-state index in [2.05, 4.69) is 5.32 Å². The number of amides is 1. The SMILES string of the molecule is C/C=C\Cn1c(C(=O)NCc2ccc(F)cc2)cc2c(OCC)cccc21. The third kappa shape index (κ3) is 4.19. The summed E-state index contributed by atoms with van der Waals surface area (Å²) < 4.78 is 20.7. The molecule has 0 aliphatic rings. The second kappa shape index (κ2) is 8.54.